The Morgan fingerprint density at radius 2 is 2.24 bits per heavy atom. The first-order valence-electron chi connectivity index (χ1n) is 7.02. The van der Waals surface area contributed by atoms with Crippen LogP contribution < -0.4 is 10.2 Å². The van der Waals surface area contributed by atoms with E-state index in [9.17, 15) is 8.78 Å². The van der Waals surface area contributed by atoms with Crippen LogP contribution in [-0.2, 0) is 13.6 Å². The summed E-state index contributed by atoms with van der Waals surface area (Å²) in [6.45, 7) is 2.23. The van der Waals surface area contributed by atoms with Gasteiger partial charge in [-0.1, -0.05) is 0 Å². The molecule has 0 spiro atoms. The minimum absolute atomic E-state index is 0.296. The second-order valence-electron chi connectivity index (χ2n) is 5.40. The number of nitrogens with zero attached hydrogens (tertiary/aromatic N) is 3. The van der Waals surface area contributed by atoms with Gasteiger partial charge >= 0.3 is 0 Å². The smallest absolute Gasteiger partial charge is 0.149 e. The van der Waals surface area contributed by atoms with E-state index in [4.69, 9.17) is 0 Å². The van der Waals surface area contributed by atoms with Crippen LogP contribution in [-0.4, -0.2) is 28.7 Å². The average Bonchev–Trinajstić information content (AvgIpc) is 3.05. The minimum Gasteiger partial charge on any atom is -0.368 e. The molecule has 4 nitrogen and oxygen atoms in total. The Kier molecular flexibility index (Phi) is 3.88. The van der Waals surface area contributed by atoms with Crippen molar-refractivity contribution in [3.05, 3.63) is 48.1 Å². The van der Waals surface area contributed by atoms with E-state index < -0.39 is 11.6 Å². The number of hydrogen-bond donors (Lipinski definition) is 1. The number of nitrogens with one attached hydrogen (secondary N) is 1. The van der Waals surface area contributed by atoms with Crippen molar-refractivity contribution in [1.82, 2.24) is 14.9 Å². The summed E-state index contributed by atoms with van der Waals surface area (Å²) in [6.07, 6.45) is 4.54. The van der Waals surface area contributed by atoms with Gasteiger partial charge in [0.05, 0.1) is 17.7 Å². The SMILES string of the molecule is Cn1cncc1CN[C@H]1CCN(c2ccc(F)cc2F)C1. The first-order valence-corrected chi connectivity index (χ1v) is 7.02. The highest BCUT2D eigenvalue weighted by Crippen LogP contribution is 2.24. The molecule has 3 rings (SSSR count). The fourth-order valence-electron chi connectivity index (χ4n) is 2.69. The molecule has 0 amide bonds. The molecule has 21 heavy (non-hydrogen) atoms. The van der Waals surface area contributed by atoms with Crippen molar-refractivity contribution in [3.8, 4) is 0 Å². The topological polar surface area (TPSA) is 33.1 Å². The van der Waals surface area contributed by atoms with Crippen molar-refractivity contribution >= 4 is 5.69 Å². The number of imidazole rings is 1. The van der Waals surface area contributed by atoms with E-state index in [2.05, 4.69) is 10.3 Å². The monoisotopic (exact) mass is 292 g/mol. The molecule has 0 saturated carbocycles. The zero-order valence-electron chi connectivity index (χ0n) is 11.9. The van der Waals surface area contributed by atoms with E-state index in [-0.39, 0.29) is 0 Å². The lowest BCUT2D eigenvalue weighted by Crippen LogP contribution is -2.32. The van der Waals surface area contributed by atoms with E-state index in [1.54, 1.807) is 6.33 Å². The Labute approximate surface area is 122 Å². The molecule has 1 atom stereocenters. The van der Waals surface area contributed by atoms with Gasteiger partial charge in [-0.05, 0) is 18.6 Å². The molecular formula is C15H18F2N4. The fourth-order valence-corrected chi connectivity index (χ4v) is 2.69. The van der Waals surface area contributed by atoms with Gasteiger partial charge in [-0.2, -0.15) is 0 Å². The first kappa shape index (κ1) is 14.0. The maximum absolute atomic E-state index is 13.8. The quantitative estimate of drug-likeness (QED) is 0.936. The van der Waals surface area contributed by atoms with Crippen molar-refractivity contribution in [1.29, 1.82) is 0 Å². The minimum atomic E-state index is -0.540. The third-order valence-corrected chi connectivity index (χ3v) is 3.93. The molecule has 112 valence electrons. The lowest BCUT2D eigenvalue weighted by atomic mass is 10.2. The molecule has 1 aliphatic rings. The normalized spacial score (nSPS) is 18.4. The molecule has 0 bridgehead atoms. The van der Waals surface area contributed by atoms with Crippen molar-refractivity contribution in [2.24, 2.45) is 7.05 Å². The van der Waals surface area contributed by atoms with Gasteiger partial charge in [0.1, 0.15) is 11.6 Å². The van der Waals surface area contributed by atoms with Crippen LogP contribution in [0.5, 0.6) is 0 Å². The van der Waals surface area contributed by atoms with Gasteiger partial charge in [-0.15, -0.1) is 0 Å². The summed E-state index contributed by atoms with van der Waals surface area (Å²) in [7, 11) is 1.96. The number of rotatable bonds is 4. The standard InChI is InChI=1S/C15H18F2N4/c1-20-10-18-7-13(20)8-19-12-4-5-21(9-12)15-3-2-11(16)6-14(15)17/h2-3,6-7,10,12,19H,4-5,8-9H2,1H3/t12-/m0/s1. The first-order chi connectivity index (χ1) is 10.1. The lowest BCUT2D eigenvalue weighted by molar-refractivity contribution is 0.537. The molecule has 0 unspecified atom stereocenters. The summed E-state index contributed by atoms with van der Waals surface area (Å²) >= 11 is 0. The van der Waals surface area contributed by atoms with Gasteiger partial charge in [0.2, 0.25) is 0 Å². The van der Waals surface area contributed by atoms with Gasteiger partial charge in [0.25, 0.3) is 0 Å². The van der Waals surface area contributed by atoms with Crippen LogP contribution in [0.25, 0.3) is 0 Å². The number of aryl methyl sites for hydroxylation is 1. The molecule has 1 aromatic carbocycles. The predicted molar refractivity (Wildman–Crippen MR) is 77.0 cm³/mol. The van der Waals surface area contributed by atoms with Gasteiger partial charge < -0.3 is 14.8 Å². The van der Waals surface area contributed by atoms with Crippen LogP contribution >= 0.6 is 0 Å². The largest absolute Gasteiger partial charge is 0.368 e. The van der Waals surface area contributed by atoms with E-state index in [0.29, 0.717) is 11.7 Å². The summed E-state index contributed by atoms with van der Waals surface area (Å²) < 4.78 is 28.7. The maximum Gasteiger partial charge on any atom is 0.149 e. The van der Waals surface area contributed by atoms with Crippen molar-refractivity contribution in [2.45, 2.75) is 19.0 Å². The van der Waals surface area contributed by atoms with Crippen LogP contribution in [0.2, 0.25) is 0 Å². The summed E-state index contributed by atoms with van der Waals surface area (Å²) in [5, 5.41) is 3.46. The summed E-state index contributed by atoms with van der Waals surface area (Å²) in [6, 6.07) is 4.04. The maximum atomic E-state index is 13.8. The van der Waals surface area contributed by atoms with Crippen LogP contribution in [0.4, 0.5) is 14.5 Å². The van der Waals surface area contributed by atoms with Gasteiger partial charge in [-0.25, -0.2) is 13.8 Å². The van der Waals surface area contributed by atoms with Gasteiger partial charge in [0.15, 0.2) is 0 Å². The third kappa shape index (κ3) is 3.05. The molecule has 2 aromatic rings. The number of benzene rings is 1. The molecular weight excluding hydrogens is 274 g/mol. The second-order valence-corrected chi connectivity index (χ2v) is 5.40. The van der Waals surface area contributed by atoms with Crippen LogP contribution in [0, 0.1) is 11.6 Å². The van der Waals surface area contributed by atoms with Crippen LogP contribution in [0.3, 0.4) is 0 Å². The van der Waals surface area contributed by atoms with Crippen LogP contribution in [0.1, 0.15) is 12.1 Å². The van der Waals surface area contributed by atoms with E-state index in [1.165, 1.54) is 12.1 Å². The lowest BCUT2D eigenvalue weighted by Gasteiger charge is -2.19. The highest BCUT2D eigenvalue weighted by atomic mass is 19.1. The highest BCUT2D eigenvalue weighted by Gasteiger charge is 2.24. The van der Waals surface area contributed by atoms with Crippen molar-refractivity contribution in [2.75, 3.05) is 18.0 Å². The molecule has 2 heterocycles. The van der Waals surface area contributed by atoms with E-state index >= 15 is 0 Å². The molecule has 0 aliphatic carbocycles. The second kappa shape index (κ2) is 5.81. The molecule has 1 N–H and O–H groups in total. The Morgan fingerprint density at radius 3 is 2.95 bits per heavy atom. The van der Waals surface area contributed by atoms with Crippen molar-refractivity contribution in [3.63, 3.8) is 0 Å². The Hall–Kier alpha value is -1.95. The van der Waals surface area contributed by atoms with E-state index in [0.717, 1.165) is 37.8 Å². The van der Waals surface area contributed by atoms with Gasteiger partial charge in [0, 0.05) is 45.0 Å². The average molecular weight is 292 g/mol. The highest BCUT2D eigenvalue weighted by molar-refractivity contribution is 5.49. The Balaban J connectivity index is 1.59. The predicted octanol–water partition coefficient (Wildman–Crippen LogP) is 2.07. The molecule has 6 heteroatoms. The molecule has 0 radical (unpaired) electrons. The molecule has 1 aromatic heterocycles. The number of halogens is 2. The number of hydrogen-bond acceptors (Lipinski definition) is 3. The Morgan fingerprint density at radius 1 is 1.38 bits per heavy atom. The zero-order chi connectivity index (χ0) is 14.8. The molecule has 1 saturated heterocycles. The Bertz CT molecular complexity index is 626. The number of anilines is 1. The van der Waals surface area contributed by atoms with Crippen LogP contribution in [0.15, 0.2) is 30.7 Å². The summed E-state index contributed by atoms with van der Waals surface area (Å²) in [5.41, 5.74) is 1.59. The van der Waals surface area contributed by atoms with Crippen molar-refractivity contribution < 1.29 is 8.78 Å². The van der Waals surface area contributed by atoms with E-state index in [1.807, 2.05) is 22.7 Å². The van der Waals surface area contributed by atoms with Gasteiger partial charge in [-0.3, -0.25) is 0 Å². The summed E-state index contributed by atoms with van der Waals surface area (Å²) in [4.78, 5) is 6.03. The molecule has 1 aliphatic heterocycles. The number of aromatic nitrogens is 2. The zero-order valence-corrected chi connectivity index (χ0v) is 11.9. The fraction of sp³-hybridized carbons (Fsp3) is 0.400. The third-order valence-electron chi connectivity index (χ3n) is 3.93. The summed E-state index contributed by atoms with van der Waals surface area (Å²) in [5.74, 6) is -1.04. The molecule has 1 fully saturated rings.